The van der Waals surface area contributed by atoms with Crippen LogP contribution in [0.25, 0.3) is 24.3 Å². The number of hydrogen-bond donors (Lipinski definition) is 0. The Kier molecular flexibility index (Phi) is 31.5. The van der Waals surface area contributed by atoms with Gasteiger partial charge < -0.3 is 28.4 Å². The summed E-state index contributed by atoms with van der Waals surface area (Å²) in [6.45, 7) is 16.6. The monoisotopic (exact) mass is 939 g/mol. The third-order valence-electron chi connectivity index (χ3n) is 12.1. The Morgan fingerprint density at radius 3 is 0.618 bits per heavy atom. The van der Waals surface area contributed by atoms with Crippen molar-refractivity contribution in [3.63, 3.8) is 0 Å². The Labute approximate surface area is 412 Å². The van der Waals surface area contributed by atoms with Gasteiger partial charge >= 0.3 is 0 Å². The molecule has 8 nitrogen and oxygen atoms in total. The van der Waals surface area contributed by atoms with E-state index in [-0.39, 0.29) is 0 Å². The van der Waals surface area contributed by atoms with E-state index < -0.39 is 0 Å². The van der Waals surface area contributed by atoms with Gasteiger partial charge in [0.25, 0.3) is 0 Å². The molecule has 0 aliphatic heterocycles. The zero-order valence-corrected chi connectivity index (χ0v) is 43.4. The molecule has 0 aliphatic carbocycles. The van der Waals surface area contributed by atoms with Crippen molar-refractivity contribution in [1.82, 2.24) is 0 Å². The first kappa shape index (κ1) is 57.6. The second-order valence-electron chi connectivity index (χ2n) is 18.1. The van der Waals surface area contributed by atoms with Crippen molar-refractivity contribution in [3.8, 4) is 34.5 Å². The molecule has 0 aliphatic rings. The van der Waals surface area contributed by atoms with E-state index in [9.17, 15) is 9.59 Å². The molecule has 3 aromatic rings. The zero-order chi connectivity index (χ0) is 48.9. The quantitative estimate of drug-likeness (QED) is 0.0315. The summed E-state index contributed by atoms with van der Waals surface area (Å²) in [6.07, 6.45) is 35.9. The molecule has 0 spiro atoms. The molecule has 0 aromatic heterocycles. The van der Waals surface area contributed by atoms with Gasteiger partial charge in [0.15, 0.2) is 12.6 Å². The molecule has 8 heteroatoms. The van der Waals surface area contributed by atoms with Gasteiger partial charge in [-0.05, 0) is 74.9 Å². The van der Waals surface area contributed by atoms with Crippen LogP contribution in [0.1, 0.15) is 239 Å². The van der Waals surface area contributed by atoms with Crippen molar-refractivity contribution in [2.75, 3.05) is 39.6 Å². The zero-order valence-electron chi connectivity index (χ0n) is 43.4. The number of aldehydes is 2. The second-order valence-corrected chi connectivity index (χ2v) is 18.1. The van der Waals surface area contributed by atoms with Crippen LogP contribution in [-0.4, -0.2) is 52.2 Å². The van der Waals surface area contributed by atoms with Crippen LogP contribution in [0.3, 0.4) is 0 Å². The standard InChI is InChI=1S/C60H90O8/c1-7-13-19-25-35-63-55-41-50(32-34-52-44-60(68-40-30-24-18-12-6)54(48-62)46-58(52)66-38-28-22-16-10-4)56(64-36-26-20-14-8-2)42-49(55)31-33-51-43-59(67-39-29-23-17-11-5)53(47-61)45-57(51)65-37-27-21-15-9-3/h31-34,41-48H,7-30,35-40H2,1-6H3/b33-31+,34-32+. The lowest BCUT2D eigenvalue weighted by atomic mass is 10.0. The maximum absolute atomic E-state index is 12.4. The lowest BCUT2D eigenvalue weighted by molar-refractivity contribution is 0.111. The Morgan fingerprint density at radius 1 is 0.265 bits per heavy atom. The van der Waals surface area contributed by atoms with E-state index in [0.29, 0.717) is 73.8 Å². The summed E-state index contributed by atoms with van der Waals surface area (Å²) in [5, 5.41) is 0. The van der Waals surface area contributed by atoms with E-state index in [1.807, 2.05) is 36.4 Å². The molecule has 3 rings (SSSR count). The first-order valence-electron chi connectivity index (χ1n) is 27.0. The van der Waals surface area contributed by atoms with Crippen molar-refractivity contribution < 1.29 is 38.0 Å². The predicted octanol–water partition coefficient (Wildman–Crippen LogP) is 17.4. The fourth-order valence-electron chi connectivity index (χ4n) is 7.85. The van der Waals surface area contributed by atoms with Crippen LogP contribution in [0.2, 0.25) is 0 Å². The maximum atomic E-state index is 12.4. The molecule has 0 heterocycles. The van der Waals surface area contributed by atoms with Gasteiger partial charge in [-0.15, -0.1) is 0 Å². The summed E-state index contributed by atoms with van der Waals surface area (Å²) in [4.78, 5) is 24.8. The highest BCUT2D eigenvalue weighted by Gasteiger charge is 2.16. The average Bonchev–Trinajstić information content (AvgIpc) is 3.35. The van der Waals surface area contributed by atoms with Crippen molar-refractivity contribution >= 4 is 36.9 Å². The predicted molar refractivity (Wildman–Crippen MR) is 286 cm³/mol. The topological polar surface area (TPSA) is 89.5 Å². The van der Waals surface area contributed by atoms with Crippen molar-refractivity contribution in [2.24, 2.45) is 0 Å². The number of rotatable bonds is 42. The Bertz CT molecular complexity index is 1740. The van der Waals surface area contributed by atoms with E-state index in [1.54, 1.807) is 0 Å². The largest absolute Gasteiger partial charge is 0.493 e. The number of hydrogen-bond acceptors (Lipinski definition) is 8. The minimum atomic E-state index is 0.490. The molecule has 0 saturated carbocycles. The molecule has 0 fully saturated rings. The van der Waals surface area contributed by atoms with E-state index in [0.717, 1.165) is 200 Å². The molecule has 3 aromatic carbocycles. The third-order valence-corrected chi connectivity index (χ3v) is 12.1. The normalized spacial score (nSPS) is 11.4. The summed E-state index contributed by atoms with van der Waals surface area (Å²) in [5.41, 5.74) is 4.40. The minimum absolute atomic E-state index is 0.490. The minimum Gasteiger partial charge on any atom is -0.493 e. The molecule has 0 bridgehead atoms. The van der Waals surface area contributed by atoms with Gasteiger partial charge in [-0.1, -0.05) is 181 Å². The molecule has 0 atom stereocenters. The Balaban J connectivity index is 2.18. The van der Waals surface area contributed by atoms with Crippen LogP contribution in [0.4, 0.5) is 0 Å². The smallest absolute Gasteiger partial charge is 0.153 e. The number of carbonyl (C=O) groups excluding carboxylic acids is 2. The molecule has 0 radical (unpaired) electrons. The van der Waals surface area contributed by atoms with E-state index in [4.69, 9.17) is 28.4 Å². The molecule has 68 heavy (non-hydrogen) atoms. The Hall–Kier alpha value is -4.72. The van der Waals surface area contributed by atoms with Crippen molar-refractivity contribution in [1.29, 1.82) is 0 Å². The van der Waals surface area contributed by atoms with Gasteiger partial charge in [-0.3, -0.25) is 9.59 Å². The van der Waals surface area contributed by atoms with E-state index >= 15 is 0 Å². The van der Waals surface area contributed by atoms with Crippen LogP contribution in [0.15, 0.2) is 36.4 Å². The fourth-order valence-corrected chi connectivity index (χ4v) is 7.85. The highest BCUT2D eigenvalue weighted by molar-refractivity contribution is 5.86. The van der Waals surface area contributed by atoms with Crippen LogP contribution >= 0.6 is 0 Å². The number of unbranched alkanes of at least 4 members (excludes halogenated alkanes) is 18. The van der Waals surface area contributed by atoms with Gasteiger partial charge in [-0.25, -0.2) is 0 Å². The highest BCUT2D eigenvalue weighted by atomic mass is 16.5. The summed E-state index contributed by atoms with van der Waals surface area (Å²) in [7, 11) is 0. The second kappa shape index (κ2) is 37.2. The number of ether oxygens (including phenoxy) is 6. The lowest BCUT2D eigenvalue weighted by Gasteiger charge is -2.17. The number of benzene rings is 3. The van der Waals surface area contributed by atoms with Crippen LogP contribution in [0, 0.1) is 0 Å². The van der Waals surface area contributed by atoms with Crippen molar-refractivity contribution in [2.45, 2.75) is 196 Å². The molecule has 0 saturated heterocycles. The van der Waals surface area contributed by atoms with Gasteiger partial charge in [0.2, 0.25) is 0 Å². The third kappa shape index (κ3) is 22.6. The van der Waals surface area contributed by atoms with Crippen LogP contribution in [-0.2, 0) is 0 Å². The van der Waals surface area contributed by atoms with Gasteiger partial charge in [0.05, 0.1) is 50.8 Å². The summed E-state index contributed by atoms with van der Waals surface area (Å²) in [5.74, 6) is 3.92. The summed E-state index contributed by atoms with van der Waals surface area (Å²) < 4.78 is 38.6. The number of carbonyl (C=O) groups is 2. The van der Waals surface area contributed by atoms with Gasteiger partial charge in [0.1, 0.15) is 34.5 Å². The molecule has 0 unspecified atom stereocenters. The molecular weight excluding hydrogens is 849 g/mol. The fraction of sp³-hybridized carbons (Fsp3) is 0.600. The first-order valence-corrected chi connectivity index (χ1v) is 27.0. The van der Waals surface area contributed by atoms with Gasteiger partial charge in [-0.2, -0.15) is 0 Å². The molecule has 0 amide bonds. The Morgan fingerprint density at radius 2 is 0.441 bits per heavy atom. The van der Waals surface area contributed by atoms with Crippen LogP contribution < -0.4 is 28.4 Å². The molecule has 378 valence electrons. The van der Waals surface area contributed by atoms with Gasteiger partial charge in [0, 0.05) is 22.3 Å². The summed E-state index contributed by atoms with van der Waals surface area (Å²) >= 11 is 0. The average molecular weight is 939 g/mol. The summed E-state index contributed by atoms with van der Waals surface area (Å²) in [6, 6.07) is 11.7. The SMILES string of the molecule is CCCCCCOc1cc(/C=C/c2cc(OCCCCCC)c(/C=C/c3cc(OCCCCCC)c(C=O)cc3OCCCCCC)cc2OCCCCCC)c(OCCCCCC)cc1C=O. The maximum Gasteiger partial charge on any atom is 0.153 e. The molecular formula is C60H90O8. The van der Waals surface area contributed by atoms with Crippen LogP contribution in [0.5, 0.6) is 34.5 Å². The highest BCUT2D eigenvalue weighted by Crippen LogP contribution is 2.37. The van der Waals surface area contributed by atoms with Crippen molar-refractivity contribution in [3.05, 3.63) is 69.8 Å². The molecule has 0 N–H and O–H groups in total. The van der Waals surface area contributed by atoms with E-state index in [1.165, 1.54) is 0 Å². The first-order chi connectivity index (χ1) is 33.5. The lowest BCUT2D eigenvalue weighted by Crippen LogP contribution is -2.04. The van der Waals surface area contributed by atoms with E-state index in [2.05, 4.69) is 65.8 Å².